The Morgan fingerprint density at radius 3 is 2.53 bits per heavy atom. The van der Waals surface area contributed by atoms with Crippen molar-refractivity contribution in [1.82, 2.24) is 0 Å². The van der Waals surface area contributed by atoms with Crippen LogP contribution in [-0.4, -0.2) is 28.6 Å². The fourth-order valence-electron chi connectivity index (χ4n) is 1.61. The summed E-state index contributed by atoms with van der Waals surface area (Å²) in [4.78, 5) is 11.3. The van der Waals surface area contributed by atoms with E-state index in [9.17, 15) is 15.0 Å². The first kappa shape index (κ1) is 12.2. The Kier molecular flexibility index (Phi) is 3.88. The summed E-state index contributed by atoms with van der Waals surface area (Å²) in [5, 5.41) is 19.1. The molecule has 3 atom stereocenters. The highest BCUT2D eigenvalue weighted by atomic mass is 16.6. The third kappa shape index (κ3) is 2.58. The molecule has 0 aliphatic carbocycles. The van der Waals surface area contributed by atoms with Crippen LogP contribution in [0.1, 0.15) is 33.6 Å². The molecule has 0 spiro atoms. The summed E-state index contributed by atoms with van der Waals surface area (Å²) in [5.41, 5.74) is 0.651. The number of carbonyl (C=O) groups is 1. The largest absolute Gasteiger partial charge is 0.428 e. The zero-order chi connectivity index (χ0) is 11.6. The maximum Gasteiger partial charge on any atom is 0.339 e. The van der Waals surface area contributed by atoms with E-state index in [4.69, 9.17) is 0 Å². The van der Waals surface area contributed by atoms with E-state index in [1.165, 1.54) is 0 Å². The van der Waals surface area contributed by atoms with Crippen molar-refractivity contribution in [2.75, 3.05) is 0 Å². The van der Waals surface area contributed by atoms with Gasteiger partial charge < -0.3 is 14.9 Å². The van der Waals surface area contributed by atoms with Gasteiger partial charge in [0.2, 0.25) is 6.29 Å². The maximum absolute atomic E-state index is 11.3. The van der Waals surface area contributed by atoms with Crippen LogP contribution in [-0.2, 0) is 9.53 Å². The van der Waals surface area contributed by atoms with Gasteiger partial charge in [0.05, 0.1) is 11.7 Å². The molecule has 4 heteroatoms. The predicted octanol–water partition coefficient (Wildman–Crippen LogP) is 0.975. The SMILES string of the molecule is CC[C@H](C)C[C@@H](O)C1=C(C)C(O)OC1=O. The van der Waals surface area contributed by atoms with Crippen LogP contribution in [0.2, 0.25) is 0 Å². The van der Waals surface area contributed by atoms with Gasteiger partial charge >= 0.3 is 5.97 Å². The van der Waals surface area contributed by atoms with Crippen LogP contribution < -0.4 is 0 Å². The summed E-state index contributed by atoms with van der Waals surface area (Å²) in [6, 6.07) is 0. The molecule has 0 aromatic heterocycles. The van der Waals surface area contributed by atoms with Crippen molar-refractivity contribution in [2.24, 2.45) is 5.92 Å². The monoisotopic (exact) mass is 214 g/mol. The van der Waals surface area contributed by atoms with Crippen LogP contribution >= 0.6 is 0 Å². The molecule has 1 unspecified atom stereocenters. The number of aliphatic hydroxyl groups excluding tert-OH is 2. The van der Waals surface area contributed by atoms with Gasteiger partial charge in [-0.3, -0.25) is 0 Å². The van der Waals surface area contributed by atoms with Crippen molar-refractivity contribution in [1.29, 1.82) is 0 Å². The second-order valence-corrected chi connectivity index (χ2v) is 4.12. The summed E-state index contributed by atoms with van der Waals surface area (Å²) in [6.45, 7) is 5.64. The lowest BCUT2D eigenvalue weighted by molar-refractivity contribution is -0.152. The number of cyclic esters (lactones) is 1. The number of aliphatic hydroxyl groups is 2. The Morgan fingerprint density at radius 1 is 1.53 bits per heavy atom. The standard InChI is InChI=1S/C11H18O4/c1-4-6(2)5-8(12)9-7(3)10(13)15-11(9)14/h6,8,10,12-13H,4-5H2,1-3H3/t6-,8+,10?/m0/s1. The summed E-state index contributed by atoms with van der Waals surface area (Å²) < 4.78 is 4.60. The molecule has 1 aliphatic rings. The zero-order valence-corrected chi connectivity index (χ0v) is 9.36. The normalized spacial score (nSPS) is 25.4. The molecule has 0 saturated heterocycles. The van der Waals surface area contributed by atoms with Gasteiger partial charge in [-0.15, -0.1) is 0 Å². The van der Waals surface area contributed by atoms with Gasteiger partial charge in [-0.25, -0.2) is 4.79 Å². The smallest absolute Gasteiger partial charge is 0.339 e. The van der Waals surface area contributed by atoms with Crippen molar-refractivity contribution in [3.63, 3.8) is 0 Å². The molecule has 0 radical (unpaired) electrons. The van der Waals surface area contributed by atoms with Gasteiger partial charge in [0, 0.05) is 5.57 Å². The number of carbonyl (C=O) groups excluding carboxylic acids is 1. The molecule has 15 heavy (non-hydrogen) atoms. The molecule has 0 fully saturated rings. The van der Waals surface area contributed by atoms with E-state index in [1.807, 2.05) is 13.8 Å². The second kappa shape index (κ2) is 4.77. The van der Waals surface area contributed by atoms with Crippen LogP contribution in [0, 0.1) is 5.92 Å². The molecule has 86 valence electrons. The molecule has 0 aromatic carbocycles. The quantitative estimate of drug-likeness (QED) is 0.684. The summed E-state index contributed by atoms with van der Waals surface area (Å²) in [5.74, 6) is -0.262. The number of rotatable bonds is 4. The second-order valence-electron chi connectivity index (χ2n) is 4.12. The average molecular weight is 214 g/mol. The Balaban J connectivity index is 2.74. The van der Waals surface area contributed by atoms with E-state index in [-0.39, 0.29) is 5.57 Å². The fourth-order valence-corrected chi connectivity index (χ4v) is 1.61. The van der Waals surface area contributed by atoms with Crippen molar-refractivity contribution in [2.45, 2.75) is 46.0 Å². The van der Waals surface area contributed by atoms with Gasteiger partial charge in [-0.2, -0.15) is 0 Å². The van der Waals surface area contributed by atoms with Gasteiger partial charge in [0.1, 0.15) is 0 Å². The Hall–Kier alpha value is -0.870. The minimum absolute atomic E-state index is 0.225. The molecule has 1 rings (SSSR count). The molecule has 0 bridgehead atoms. The number of hydrogen-bond acceptors (Lipinski definition) is 4. The predicted molar refractivity (Wildman–Crippen MR) is 54.9 cm³/mol. The van der Waals surface area contributed by atoms with Crippen molar-refractivity contribution in [3.05, 3.63) is 11.1 Å². The summed E-state index contributed by atoms with van der Waals surface area (Å²) in [7, 11) is 0. The van der Waals surface area contributed by atoms with Crippen molar-refractivity contribution in [3.8, 4) is 0 Å². The zero-order valence-electron chi connectivity index (χ0n) is 9.36. The summed E-state index contributed by atoms with van der Waals surface area (Å²) >= 11 is 0. The van der Waals surface area contributed by atoms with Crippen LogP contribution in [0.5, 0.6) is 0 Å². The molecule has 0 saturated carbocycles. The molecular formula is C11H18O4. The van der Waals surface area contributed by atoms with Crippen molar-refractivity contribution >= 4 is 5.97 Å². The Labute approximate surface area is 89.6 Å². The molecule has 1 heterocycles. The van der Waals surface area contributed by atoms with Gasteiger partial charge in [0.25, 0.3) is 0 Å². The van der Waals surface area contributed by atoms with Gasteiger partial charge in [-0.1, -0.05) is 20.3 Å². The number of ether oxygens (including phenoxy) is 1. The first-order valence-electron chi connectivity index (χ1n) is 5.25. The van der Waals surface area contributed by atoms with E-state index >= 15 is 0 Å². The first-order chi connectivity index (χ1) is 6.97. The number of esters is 1. The minimum atomic E-state index is -1.18. The molecule has 1 aliphatic heterocycles. The lowest BCUT2D eigenvalue weighted by Gasteiger charge is -2.14. The highest BCUT2D eigenvalue weighted by Gasteiger charge is 2.34. The topological polar surface area (TPSA) is 66.8 Å². The van der Waals surface area contributed by atoms with E-state index < -0.39 is 18.4 Å². The average Bonchev–Trinajstić information content (AvgIpc) is 2.41. The van der Waals surface area contributed by atoms with Gasteiger partial charge in [-0.05, 0) is 19.3 Å². The van der Waals surface area contributed by atoms with Crippen LogP contribution in [0.15, 0.2) is 11.1 Å². The van der Waals surface area contributed by atoms with Crippen LogP contribution in [0.25, 0.3) is 0 Å². The minimum Gasteiger partial charge on any atom is -0.428 e. The first-order valence-corrected chi connectivity index (χ1v) is 5.25. The highest BCUT2D eigenvalue weighted by Crippen LogP contribution is 2.26. The third-order valence-corrected chi connectivity index (χ3v) is 2.89. The molecular weight excluding hydrogens is 196 g/mol. The Morgan fingerprint density at radius 2 is 2.13 bits per heavy atom. The molecule has 4 nitrogen and oxygen atoms in total. The maximum atomic E-state index is 11.3. The lowest BCUT2D eigenvalue weighted by atomic mass is 9.94. The van der Waals surface area contributed by atoms with E-state index in [1.54, 1.807) is 6.92 Å². The lowest BCUT2D eigenvalue weighted by Crippen LogP contribution is -2.19. The van der Waals surface area contributed by atoms with E-state index in [0.717, 1.165) is 6.42 Å². The van der Waals surface area contributed by atoms with E-state index in [0.29, 0.717) is 17.9 Å². The van der Waals surface area contributed by atoms with Gasteiger partial charge in [0.15, 0.2) is 0 Å². The van der Waals surface area contributed by atoms with Crippen molar-refractivity contribution < 1.29 is 19.7 Å². The molecule has 0 amide bonds. The highest BCUT2D eigenvalue weighted by molar-refractivity contribution is 5.92. The summed E-state index contributed by atoms with van der Waals surface area (Å²) in [6.07, 6.45) is -0.546. The molecule has 0 aromatic rings. The number of hydrogen-bond donors (Lipinski definition) is 2. The van der Waals surface area contributed by atoms with Crippen LogP contribution in [0.4, 0.5) is 0 Å². The third-order valence-electron chi connectivity index (χ3n) is 2.89. The van der Waals surface area contributed by atoms with Crippen LogP contribution in [0.3, 0.4) is 0 Å². The fraction of sp³-hybridized carbons (Fsp3) is 0.727. The molecule has 2 N–H and O–H groups in total. The Bertz CT molecular complexity index is 282. The van der Waals surface area contributed by atoms with E-state index in [2.05, 4.69) is 4.74 Å².